The van der Waals surface area contributed by atoms with Gasteiger partial charge >= 0.3 is 0 Å². The number of rotatable bonds is 5. The molecule has 29 heavy (non-hydrogen) atoms. The van der Waals surface area contributed by atoms with Crippen molar-refractivity contribution in [2.75, 3.05) is 13.1 Å². The Bertz CT molecular complexity index is 829. The minimum absolute atomic E-state index is 0.164. The summed E-state index contributed by atoms with van der Waals surface area (Å²) in [5.41, 5.74) is 2.02. The number of aromatic nitrogens is 3. The van der Waals surface area contributed by atoms with Gasteiger partial charge in [0.05, 0.1) is 18.7 Å². The van der Waals surface area contributed by atoms with E-state index in [9.17, 15) is 4.79 Å². The molecule has 1 N–H and O–H groups in total. The van der Waals surface area contributed by atoms with Gasteiger partial charge in [-0.2, -0.15) is 0 Å². The third-order valence-corrected chi connectivity index (χ3v) is 7.17. The van der Waals surface area contributed by atoms with E-state index in [1.165, 1.54) is 19.3 Å². The molecule has 1 aromatic heterocycles. The monoisotopic (exact) mass is 393 g/mol. The largest absolute Gasteiger partial charge is 0.353 e. The maximum atomic E-state index is 12.9. The van der Waals surface area contributed by atoms with E-state index in [1.54, 1.807) is 0 Å². The van der Waals surface area contributed by atoms with E-state index in [0.29, 0.717) is 23.9 Å². The lowest BCUT2D eigenvalue weighted by molar-refractivity contribution is -0.134. The van der Waals surface area contributed by atoms with E-state index in [-0.39, 0.29) is 5.92 Å². The summed E-state index contributed by atoms with van der Waals surface area (Å²) in [5, 5.41) is 12.1. The van der Waals surface area contributed by atoms with Gasteiger partial charge in [0.25, 0.3) is 0 Å². The minimum Gasteiger partial charge on any atom is -0.353 e. The Morgan fingerprint density at radius 1 is 1.10 bits per heavy atom. The first-order chi connectivity index (χ1) is 14.3. The first kappa shape index (κ1) is 18.8. The minimum atomic E-state index is 0.164. The first-order valence-corrected chi connectivity index (χ1v) is 11.3. The van der Waals surface area contributed by atoms with Gasteiger partial charge < -0.3 is 5.32 Å². The predicted molar refractivity (Wildman–Crippen MR) is 112 cm³/mol. The molecule has 3 aliphatic heterocycles. The number of carbonyl (C=O) groups excluding carboxylic acids is 1. The molecule has 6 heteroatoms. The molecular formula is C23H31N5O. The highest BCUT2D eigenvalue weighted by molar-refractivity contribution is 5.79. The van der Waals surface area contributed by atoms with Crippen LogP contribution in [-0.2, 0) is 11.3 Å². The summed E-state index contributed by atoms with van der Waals surface area (Å²) in [5.74, 6) is 0.973. The zero-order valence-electron chi connectivity index (χ0n) is 17.0. The number of fused-ring (bicyclic) bond motifs is 3. The zero-order chi connectivity index (χ0) is 19.6. The first-order valence-electron chi connectivity index (χ1n) is 11.3. The normalized spacial score (nSPS) is 29.7. The average molecular weight is 394 g/mol. The third kappa shape index (κ3) is 4.08. The Labute approximate surface area is 172 Å². The predicted octanol–water partition coefficient (Wildman–Crippen LogP) is 3.10. The number of benzene rings is 1. The van der Waals surface area contributed by atoms with Crippen LogP contribution in [-0.4, -0.2) is 51.0 Å². The second kappa shape index (κ2) is 8.27. The van der Waals surface area contributed by atoms with Crippen molar-refractivity contribution in [1.29, 1.82) is 0 Å². The van der Waals surface area contributed by atoms with Crippen molar-refractivity contribution in [3.63, 3.8) is 0 Å². The van der Waals surface area contributed by atoms with Crippen molar-refractivity contribution in [3.8, 4) is 11.3 Å². The zero-order valence-corrected chi connectivity index (χ0v) is 17.0. The smallest absolute Gasteiger partial charge is 0.224 e. The summed E-state index contributed by atoms with van der Waals surface area (Å²) in [7, 11) is 0. The van der Waals surface area contributed by atoms with Gasteiger partial charge in [-0.25, -0.2) is 0 Å². The van der Waals surface area contributed by atoms with Crippen LogP contribution in [0.5, 0.6) is 0 Å². The van der Waals surface area contributed by atoms with E-state index >= 15 is 0 Å². The molecule has 0 spiro atoms. The summed E-state index contributed by atoms with van der Waals surface area (Å²) in [4.78, 5) is 15.4. The van der Waals surface area contributed by atoms with Crippen LogP contribution in [0, 0.1) is 11.8 Å². The van der Waals surface area contributed by atoms with Gasteiger partial charge in [-0.1, -0.05) is 54.8 Å². The van der Waals surface area contributed by atoms with E-state index in [1.807, 2.05) is 29.1 Å². The number of carbonyl (C=O) groups is 1. The molecule has 4 aliphatic rings. The van der Waals surface area contributed by atoms with Gasteiger partial charge in [0.1, 0.15) is 5.69 Å². The Morgan fingerprint density at radius 3 is 2.69 bits per heavy atom. The number of amides is 1. The fraction of sp³-hybridized carbons (Fsp3) is 0.609. The Kier molecular flexibility index (Phi) is 5.36. The molecule has 1 unspecified atom stereocenters. The number of hydrogen-bond acceptors (Lipinski definition) is 4. The van der Waals surface area contributed by atoms with Crippen LogP contribution in [0.2, 0.25) is 0 Å². The number of nitrogens with zero attached hydrogens (tertiary/aromatic N) is 4. The Balaban J connectivity index is 1.19. The van der Waals surface area contributed by atoms with Crippen molar-refractivity contribution < 1.29 is 4.79 Å². The molecule has 0 radical (unpaired) electrons. The molecule has 3 saturated heterocycles. The lowest BCUT2D eigenvalue weighted by Gasteiger charge is -2.49. The van der Waals surface area contributed by atoms with Crippen molar-refractivity contribution in [1.82, 2.24) is 25.2 Å². The highest BCUT2D eigenvalue weighted by atomic mass is 16.2. The highest BCUT2D eigenvalue weighted by Crippen LogP contribution is 2.37. The molecule has 1 saturated carbocycles. The number of hydrogen-bond donors (Lipinski definition) is 1. The van der Waals surface area contributed by atoms with Crippen LogP contribution in [0.1, 0.15) is 44.9 Å². The highest BCUT2D eigenvalue weighted by Gasteiger charge is 2.43. The van der Waals surface area contributed by atoms with Crippen LogP contribution in [0.15, 0.2) is 36.5 Å². The average Bonchev–Trinajstić information content (AvgIpc) is 3.24. The fourth-order valence-corrected chi connectivity index (χ4v) is 5.53. The molecule has 1 aromatic carbocycles. The Morgan fingerprint density at radius 2 is 1.93 bits per heavy atom. The summed E-state index contributed by atoms with van der Waals surface area (Å²) >= 11 is 0. The summed E-state index contributed by atoms with van der Waals surface area (Å²) in [6.45, 7) is 2.85. The molecule has 1 aliphatic carbocycles. The van der Waals surface area contributed by atoms with E-state index < -0.39 is 0 Å². The molecule has 4 fully saturated rings. The lowest BCUT2D eigenvalue weighted by atomic mass is 9.75. The number of piperidine rings is 3. The van der Waals surface area contributed by atoms with Crippen LogP contribution in [0.3, 0.4) is 0 Å². The molecule has 2 bridgehead atoms. The van der Waals surface area contributed by atoms with Crippen LogP contribution in [0.4, 0.5) is 0 Å². The molecule has 4 atom stereocenters. The van der Waals surface area contributed by atoms with Gasteiger partial charge in [0.2, 0.25) is 5.91 Å². The van der Waals surface area contributed by atoms with E-state index in [0.717, 1.165) is 56.6 Å². The maximum absolute atomic E-state index is 12.9. The van der Waals surface area contributed by atoms with Gasteiger partial charge in [-0.3, -0.25) is 14.4 Å². The molecular weight excluding hydrogens is 362 g/mol. The summed E-state index contributed by atoms with van der Waals surface area (Å²) in [6, 6.07) is 11.1. The van der Waals surface area contributed by atoms with Gasteiger partial charge in [-0.15, -0.1) is 5.10 Å². The van der Waals surface area contributed by atoms with Crippen LogP contribution in [0.25, 0.3) is 11.3 Å². The molecule has 2 aromatic rings. The molecule has 6 nitrogen and oxygen atoms in total. The molecule has 4 heterocycles. The second-order valence-corrected chi connectivity index (χ2v) is 9.08. The van der Waals surface area contributed by atoms with Crippen molar-refractivity contribution in [3.05, 3.63) is 36.5 Å². The SMILES string of the molecule is O=C(NC1CCCCC1)[C@H]1CN2CC[C@@H]1C[C@H]2Cn1cc(-c2ccccc2)nn1. The second-order valence-electron chi connectivity index (χ2n) is 9.08. The molecule has 6 rings (SSSR count). The quantitative estimate of drug-likeness (QED) is 0.848. The Hall–Kier alpha value is -2.21. The topological polar surface area (TPSA) is 63.1 Å². The van der Waals surface area contributed by atoms with E-state index in [4.69, 9.17) is 0 Å². The van der Waals surface area contributed by atoms with Crippen molar-refractivity contribution >= 4 is 5.91 Å². The van der Waals surface area contributed by atoms with E-state index in [2.05, 4.69) is 32.7 Å². The summed E-state index contributed by atoms with van der Waals surface area (Å²) in [6.07, 6.45) is 10.4. The number of nitrogens with one attached hydrogen (secondary N) is 1. The van der Waals surface area contributed by atoms with Gasteiger partial charge in [0.15, 0.2) is 0 Å². The van der Waals surface area contributed by atoms with Crippen molar-refractivity contribution in [2.45, 2.75) is 63.6 Å². The van der Waals surface area contributed by atoms with Crippen molar-refractivity contribution in [2.24, 2.45) is 11.8 Å². The maximum Gasteiger partial charge on any atom is 0.224 e. The molecule has 1 amide bonds. The van der Waals surface area contributed by atoms with Crippen LogP contribution < -0.4 is 5.32 Å². The third-order valence-electron chi connectivity index (χ3n) is 7.17. The summed E-state index contributed by atoms with van der Waals surface area (Å²) < 4.78 is 1.98. The molecule has 154 valence electrons. The lowest BCUT2D eigenvalue weighted by Crippen LogP contribution is -2.58. The standard InChI is InChI=1S/C23H31N5O/c29-23(24-19-9-5-2-6-10-19)21-15-27-12-11-18(21)13-20(27)14-28-16-22(25-26-28)17-7-3-1-4-8-17/h1,3-4,7-8,16,18-21H,2,5-6,9-15H2,(H,24,29)/t18-,20+,21+/m1/s1. The van der Waals surface area contributed by atoms with Crippen LogP contribution >= 0.6 is 0 Å². The fourth-order valence-electron chi connectivity index (χ4n) is 5.53. The van der Waals surface area contributed by atoms with Gasteiger partial charge in [0, 0.05) is 24.2 Å². The van der Waals surface area contributed by atoms with Gasteiger partial charge in [-0.05, 0) is 38.1 Å².